The van der Waals surface area contributed by atoms with Gasteiger partial charge in [0.05, 0.1) is 0 Å². The lowest BCUT2D eigenvalue weighted by Crippen LogP contribution is -1.94. The third-order valence-electron chi connectivity index (χ3n) is 0.473. The van der Waals surface area contributed by atoms with E-state index in [9.17, 15) is 9.59 Å². The van der Waals surface area contributed by atoms with Gasteiger partial charge in [0.1, 0.15) is 0 Å². The maximum absolute atomic E-state index is 10.1. The summed E-state index contributed by atoms with van der Waals surface area (Å²) in [6.07, 6.45) is 1.28. The standard InChI is InChI=1S/C4H5NO3/c1-2-4(7)8-5-3-6/h2H2,1H3. The molecule has 0 spiro atoms. The van der Waals surface area contributed by atoms with Crippen molar-refractivity contribution < 1.29 is 14.4 Å². The van der Waals surface area contributed by atoms with E-state index in [0.717, 1.165) is 6.08 Å². The third kappa shape index (κ3) is 3.06. The van der Waals surface area contributed by atoms with Gasteiger partial charge in [0.25, 0.3) is 6.08 Å². The molecule has 44 valence electrons. The van der Waals surface area contributed by atoms with Crippen molar-refractivity contribution in [1.29, 1.82) is 0 Å². The number of hydrogen-bond acceptors (Lipinski definition) is 4. The number of carbonyl (C=O) groups excluding carboxylic acids is 2. The molecule has 0 amide bonds. The molecule has 0 fully saturated rings. The average Bonchev–Trinajstić information content (AvgIpc) is 1.83. The molecule has 0 atom stereocenters. The van der Waals surface area contributed by atoms with Crippen LogP contribution in [0.5, 0.6) is 0 Å². The van der Waals surface area contributed by atoms with E-state index in [1.54, 1.807) is 6.92 Å². The van der Waals surface area contributed by atoms with Crippen LogP contribution < -0.4 is 0 Å². The van der Waals surface area contributed by atoms with Crippen LogP contribution in [0.15, 0.2) is 5.16 Å². The SMILES string of the molecule is CCC(=O)ON=C=O. The molecular formula is C4H5NO3. The molecule has 8 heavy (non-hydrogen) atoms. The van der Waals surface area contributed by atoms with Gasteiger partial charge in [-0.1, -0.05) is 6.92 Å². The highest BCUT2D eigenvalue weighted by molar-refractivity contribution is 5.68. The molecule has 0 aromatic heterocycles. The molecule has 0 aromatic carbocycles. The summed E-state index contributed by atoms with van der Waals surface area (Å²) in [5.74, 6) is -0.534. The monoisotopic (exact) mass is 115 g/mol. The van der Waals surface area contributed by atoms with Gasteiger partial charge >= 0.3 is 5.97 Å². The van der Waals surface area contributed by atoms with E-state index in [-0.39, 0.29) is 6.42 Å². The van der Waals surface area contributed by atoms with Gasteiger partial charge in [-0.2, -0.15) is 0 Å². The molecule has 0 saturated heterocycles. The largest absolute Gasteiger partial charge is 0.335 e. The van der Waals surface area contributed by atoms with Crippen LogP contribution in [0.25, 0.3) is 0 Å². The molecule has 0 aliphatic carbocycles. The highest BCUT2D eigenvalue weighted by Gasteiger charge is 1.93. The number of hydrogen-bond donors (Lipinski definition) is 0. The van der Waals surface area contributed by atoms with Gasteiger partial charge in [-0.05, 0) is 0 Å². The number of rotatable bonds is 2. The summed E-state index contributed by atoms with van der Waals surface area (Å²) >= 11 is 0. The third-order valence-corrected chi connectivity index (χ3v) is 0.473. The Bertz CT molecular complexity index is 125. The maximum atomic E-state index is 10.1. The van der Waals surface area contributed by atoms with E-state index in [2.05, 4.69) is 9.99 Å². The fourth-order valence-corrected chi connectivity index (χ4v) is 0.134. The molecular weight excluding hydrogens is 110 g/mol. The summed E-state index contributed by atoms with van der Waals surface area (Å²) in [4.78, 5) is 23.2. The lowest BCUT2D eigenvalue weighted by atomic mass is 10.5. The van der Waals surface area contributed by atoms with Crippen LogP contribution in [0.3, 0.4) is 0 Å². The number of carbonyl (C=O) groups is 1. The maximum Gasteiger partial charge on any atom is 0.335 e. The normalized spacial score (nSPS) is 7.12. The van der Waals surface area contributed by atoms with Crippen LogP contribution >= 0.6 is 0 Å². The molecule has 0 N–H and O–H groups in total. The minimum Gasteiger partial charge on any atom is -0.307 e. The predicted octanol–water partition coefficient (Wildman–Crippen LogP) is 0.190. The van der Waals surface area contributed by atoms with Crippen molar-refractivity contribution in [2.45, 2.75) is 13.3 Å². The molecule has 0 aliphatic heterocycles. The fraction of sp³-hybridized carbons (Fsp3) is 0.500. The van der Waals surface area contributed by atoms with Crippen molar-refractivity contribution in [2.75, 3.05) is 0 Å². The molecule has 0 aromatic rings. The second-order valence-electron chi connectivity index (χ2n) is 0.999. The first-order valence-corrected chi connectivity index (χ1v) is 2.08. The first-order valence-electron chi connectivity index (χ1n) is 2.08. The van der Waals surface area contributed by atoms with Crippen LogP contribution in [-0.2, 0) is 14.4 Å². The lowest BCUT2D eigenvalue weighted by Gasteiger charge is -1.84. The summed E-state index contributed by atoms with van der Waals surface area (Å²) in [5.41, 5.74) is 0. The quantitative estimate of drug-likeness (QED) is 0.223. The van der Waals surface area contributed by atoms with Crippen LogP contribution in [0, 0.1) is 0 Å². The Hall–Kier alpha value is -1.15. The van der Waals surface area contributed by atoms with Gasteiger partial charge in [0.2, 0.25) is 0 Å². The minimum absolute atomic E-state index is 0.213. The van der Waals surface area contributed by atoms with Gasteiger partial charge in [-0.15, -0.1) is 0 Å². The van der Waals surface area contributed by atoms with E-state index in [0.29, 0.717) is 0 Å². The van der Waals surface area contributed by atoms with Gasteiger partial charge in [-0.3, -0.25) is 0 Å². The molecule has 4 nitrogen and oxygen atoms in total. The van der Waals surface area contributed by atoms with Crippen molar-refractivity contribution in [1.82, 2.24) is 0 Å². The molecule has 0 radical (unpaired) electrons. The number of isocyanates is 1. The Morgan fingerprint density at radius 2 is 2.50 bits per heavy atom. The average molecular weight is 115 g/mol. The fourth-order valence-electron chi connectivity index (χ4n) is 0.134. The highest BCUT2D eigenvalue weighted by atomic mass is 16.7. The van der Waals surface area contributed by atoms with Gasteiger partial charge in [0, 0.05) is 11.6 Å². The zero-order chi connectivity index (χ0) is 6.41. The van der Waals surface area contributed by atoms with Crippen molar-refractivity contribution >= 4 is 12.0 Å². The van der Waals surface area contributed by atoms with E-state index >= 15 is 0 Å². The summed E-state index contributed by atoms with van der Waals surface area (Å²) < 4.78 is 0. The first kappa shape index (κ1) is 6.85. The van der Waals surface area contributed by atoms with Crippen molar-refractivity contribution in [3.8, 4) is 0 Å². The van der Waals surface area contributed by atoms with Crippen LogP contribution in [0.2, 0.25) is 0 Å². The molecule has 4 heteroatoms. The van der Waals surface area contributed by atoms with E-state index in [1.807, 2.05) is 0 Å². The second kappa shape index (κ2) is 4.02. The second-order valence-corrected chi connectivity index (χ2v) is 0.999. The Morgan fingerprint density at radius 3 is 2.88 bits per heavy atom. The van der Waals surface area contributed by atoms with Gasteiger partial charge in [-0.25, -0.2) is 9.59 Å². The molecule has 0 unspecified atom stereocenters. The highest BCUT2D eigenvalue weighted by Crippen LogP contribution is 1.81. The molecule has 0 bridgehead atoms. The van der Waals surface area contributed by atoms with Crippen LogP contribution in [0.4, 0.5) is 0 Å². The van der Waals surface area contributed by atoms with Crippen molar-refractivity contribution in [2.24, 2.45) is 5.16 Å². The van der Waals surface area contributed by atoms with Crippen molar-refractivity contribution in [3.05, 3.63) is 0 Å². The zero-order valence-corrected chi connectivity index (χ0v) is 4.38. The van der Waals surface area contributed by atoms with Gasteiger partial charge < -0.3 is 4.84 Å². The Labute approximate surface area is 46.1 Å². The minimum atomic E-state index is -0.534. The van der Waals surface area contributed by atoms with Crippen LogP contribution in [0.1, 0.15) is 13.3 Å². The Kier molecular flexibility index (Phi) is 3.44. The molecule has 0 heterocycles. The summed E-state index contributed by atoms with van der Waals surface area (Å²) in [6, 6.07) is 0. The lowest BCUT2D eigenvalue weighted by molar-refractivity contribution is -0.143. The van der Waals surface area contributed by atoms with E-state index in [4.69, 9.17) is 0 Å². The number of nitrogens with zero attached hydrogens (tertiary/aromatic N) is 1. The summed E-state index contributed by atoms with van der Waals surface area (Å²) in [5, 5.41) is 2.59. The van der Waals surface area contributed by atoms with Crippen molar-refractivity contribution in [3.63, 3.8) is 0 Å². The molecule has 0 saturated carbocycles. The Morgan fingerprint density at radius 1 is 1.88 bits per heavy atom. The molecule has 0 aliphatic rings. The summed E-state index contributed by atoms with van der Waals surface area (Å²) in [7, 11) is 0. The van der Waals surface area contributed by atoms with Crippen LogP contribution in [-0.4, -0.2) is 12.0 Å². The predicted molar refractivity (Wildman–Crippen MR) is 24.5 cm³/mol. The molecule has 0 rings (SSSR count). The van der Waals surface area contributed by atoms with Gasteiger partial charge in [0.15, 0.2) is 0 Å². The zero-order valence-electron chi connectivity index (χ0n) is 4.38. The topological polar surface area (TPSA) is 55.7 Å². The first-order chi connectivity index (χ1) is 3.81. The smallest absolute Gasteiger partial charge is 0.307 e. The summed E-state index contributed by atoms with van der Waals surface area (Å²) in [6.45, 7) is 1.60. The van der Waals surface area contributed by atoms with E-state index in [1.165, 1.54) is 0 Å². The Balaban J connectivity index is 3.39. The van der Waals surface area contributed by atoms with E-state index < -0.39 is 5.97 Å².